The molecule has 0 aromatic heterocycles. The lowest BCUT2D eigenvalue weighted by Gasteiger charge is -2.19. The first-order valence-corrected chi connectivity index (χ1v) is 9.02. The topological polar surface area (TPSA) is 46.2 Å². The van der Waals surface area contributed by atoms with Crippen LogP contribution in [0.4, 0.5) is 0 Å². The van der Waals surface area contributed by atoms with Gasteiger partial charge in [0, 0.05) is 23.9 Å². The van der Waals surface area contributed by atoms with Crippen LogP contribution in [0.2, 0.25) is 0 Å². The summed E-state index contributed by atoms with van der Waals surface area (Å²) in [5.74, 6) is 2.11. The Labute approximate surface area is 139 Å². The van der Waals surface area contributed by atoms with Crippen LogP contribution in [0.1, 0.15) is 0 Å². The summed E-state index contributed by atoms with van der Waals surface area (Å²) in [6.07, 6.45) is 0. The molecule has 0 unspecified atom stereocenters. The molecular formula is C14H14ClO5PS. The third kappa shape index (κ3) is 4.52. The number of hydrogen-bond acceptors (Lipinski definition) is 6. The molecule has 0 radical (unpaired) electrons. The summed E-state index contributed by atoms with van der Waals surface area (Å²) >= 11 is 10.7. The van der Waals surface area contributed by atoms with Gasteiger partial charge >= 0.3 is 6.72 Å². The summed E-state index contributed by atoms with van der Waals surface area (Å²) in [4.78, 5) is 0. The number of hydrogen-bond donors (Lipinski definition) is 0. The van der Waals surface area contributed by atoms with Gasteiger partial charge in [-0.25, -0.2) is 0 Å². The molecule has 22 heavy (non-hydrogen) atoms. The molecular weight excluding hydrogens is 347 g/mol. The predicted octanol–water partition coefficient (Wildman–Crippen LogP) is 4.56. The van der Waals surface area contributed by atoms with Crippen molar-refractivity contribution < 1.29 is 22.6 Å². The molecule has 0 aliphatic rings. The van der Waals surface area contributed by atoms with Gasteiger partial charge in [0.2, 0.25) is 0 Å². The van der Waals surface area contributed by atoms with Crippen LogP contribution in [0, 0.1) is 0 Å². The van der Waals surface area contributed by atoms with Crippen LogP contribution in [0.25, 0.3) is 0 Å². The quantitative estimate of drug-likeness (QED) is 0.675. The fourth-order valence-electron chi connectivity index (χ4n) is 1.62. The molecule has 0 aliphatic heterocycles. The third-order valence-corrected chi connectivity index (χ3v) is 5.10. The van der Waals surface area contributed by atoms with E-state index < -0.39 is 6.72 Å². The first kappa shape index (κ1) is 16.9. The van der Waals surface area contributed by atoms with E-state index in [4.69, 9.17) is 46.3 Å². The number of benzene rings is 2. The maximum Gasteiger partial charge on any atom is 0.451 e. The van der Waals surface area contributed by atoms with Crippen LogP contribution in [0.3, 0.4) is 0 Å². The molecule has 0 saturated carbocycles. The lowest BCUT2D eigenvalue weighted by molar-refractivity contribution is 0.387. The minimum absolute atomic E-state index is 0.436. The number of halogens is 1. The molecule has 0 spiro atoms. The highest BCUT2D eigenvalue weighted by molar-refractivity contribution is 8.08. The number of rotatable bonds is 7. The van der Waals surface area contributed by atoms with E-state index in [0.717, 1.165) is 0 Å². The van der Waals surface area contributed by atoms with E-state index in [9.17, 15) is 0 Å². The highest BCUT2D eigenvalue weighted by Gasteiger charge is 2.25. The van der Waals surface area contributed by atoms with Gasteiger partial charge in [-0.05, 0) is 24.3 Å². The lowest BCUT2D eigenvalue weighted by atomic mass is 10.3. The van der Waals surface area contributed by atoms with Crippen LogP contribution >= 0.6 is 18.6 Å². The molecule has 8 heteroatoms. The Morgan fingerprint density at radius 2 is 1.23 bits per heavy atom. The summed E-state index contributed by atoms with van der Waals surface area (Å²) in [6, 6.07) is 13.8. The molecule has 2 aromatic rings. The summed E-state index contributed by atoms with van der Waals surface area (Å²) in [6.45, 7) is -3.22. The van der Waals surface area contributed by atoms with Crippen molar-refractivity contribution in [2.75, 3.05) is 14.2 Å². The zero-order valence-electron chi connectivity index (χ0n) is 11.9. The Hall–Kier alpha value is -1.46. The van der Waals surface area contributed by atoms with Gasteiger partial charge in [0.15, 0.2) is 0 Å². The SMILES string of the molecule is COc1cccc(OP(=S)(OCl)Oc2cccc(OC)c2)c1. The molecule has 0 heterocycles. The van der Waals surface area contributed by atoms with Gasteiger partial charge in [-0.3, -0.25) is 0 Å². The fourth-order valence-corrected chi connectivity index (χ4v) is 3.14. The van der Waals surface area contributed by atoms with Crippen LogP contribution < -0.4 is 18.5 Å². The highest BCUT2D eigenvalue weighted by atomic mass is 35.5. The molecule has 2 aromatic carbocycles. The van der Waals surface area contributed by atoms with E-state index in [2.05, 4.69) is 0 Å². The number of methoxy groups -OCH3 is 2. The maximum absolute atomic E-state index is 5.60. The molecule has 0 fully saturated rings. The van der Waals surface area contributed by atoms with Crippen molar-refractivity contribution in [3.63, 3.8) is 0 Å². The maximum atomic E-state index is 5.60. The average molecular weight is 361 g/mol. The minimum atomic E-state index is -3.22. The summed E-state index contributed by atoms with van der Waals surface area (Å²) in [5, 5.41) is 0. The van der Waals surface area contributed by atoms with Crippen molar-refractivity contribution in [1.29, 1.82) is 0 Å². The van der Waals surface area contributed by atoms with Gasteiger partial charge in [0.25, 0.3) is 0 Å². The highest BCUT2D eigenvalue weighted by Crippen LogP contribution is 2.51. The van der Waals surface area contributed by atoms with E-state index in [1.54, 1.807) is 62.8 Å². The van der Waals surface area contributed by atoms with Crippen molar-refractivity contribution in [3.05, 3.63) is 48.5 Å². The Bertz CT molecular complexity index is 628. The van der Waals surface area contributed by atoms with E-state index in [-0.39, 0.29) is 0 Å². The van der Waals surface area contributed by atoms with Crippen molar-refractivity contribution >= 4 is 30.4 Å². The van der Waals surface area contributed by atoms with Crippen molar-refractivity contribution in [1.82, 2.24) is 0 Å². The zero-order valence-corrected chi connectivity index (χ0v) is 14.4. The molecule has 0 amide bonds. The van der Waals surface area contributed by atoms with Gasteiger partial charge in [-0.1, -0.05) is 12.1 Å². The van der Waals surface area contributed by atoms with E-state index >= 15 is 0 Å². The van der Waals surface area contributed by atoms with Gasteiger partial charge in [-0.2, -0.15) is 4.08 Å². The normalized spacial score (nSPS) is 10.9. The van der Waals surface area contributed by atoms with Crippen LogP contribution in [-0.2, 0) is 15.9 Å². The van der Waals surface area contributed by atoms with Gasteiger partial charge in [0.1, 0.15) is 23.0 Å². The molecule has 2 rings (SSSR count). The molecule has 0 aliphatic carbocycles. The van der Waals surface area contributed by atoms with E-state index in [1.807, 2.05) is 0 Å². The molecule has 5 nitrogen and oxygen atoms in total. The van der Waals surface area contributed by atoms with Gasteiger partial charge in [-0.15, -0.1) is 0 Å². The first-order chi connectivity index (χ1) is 10.6. The smallest absolute Gasteiger partial charge is 0.451 e. The summed E-state index contributed by atoms with van der Waals surface area (Å²) in [5.41, 5.74) is 0. The van der Waals surface area contributed by atoms with E-state index in [1.165, 1.54) is 0 Å². The predicted molar refractivity (Wildman–Crippen MR) is 88.5 cm³/mol. The standard InChI is InChI=1S/C14H14ClO5PS/c1-16-11-5-3-7-13(9-11)18-21(22,20-15)19-14-8-4-6-12(10-14)17-2/h3-10H,1-2H3. The van der Waals surface area contributed by atoms with Crippen LogP contribution in [0.15, 0.2) is 48.5 Å². The lowest BCUT2D eigenvalue weighted by Crippen LogP contribution is -2.01. The second-order valence-corrected chi connectivity index (χ2v) is 7.21. The summed E-state index contributed by atoms with van der Waals surface area (Å²) in [7, 11) is 3.11. The molecule has 0 bridgehead atoms. The molecule has 0 N–H and O–H groups in total. The second kappa shape index (κ2) is 7.70. The summed E-state index contributed by atoms with van der Waals surface area (Å²) < 4.78 is 26.2. The molecule has 118 valence electrons. The monoisotopic (exact) mass is 360 g/mol. The zero-order chi connectivity index (χ0) is 16.0. The van der Waals surface area contributed by atoms with Crippen LogP contribution in [0.5, 0.6) is 23.0 Å². The third-order valence-electron chi connectivity index (χ3n) is 2.60. The Kier molecular flexibility index (Phi) is 5.91. The number of ether oxygens (including phenoxy) is 2. The second-order valence-electron chi connectivity index (χ2n) is 4.06. The Morgan fingerprint density at radius 3 is 1.59 bits per heavy atom. The Morgan fingerprint density at radius 1 is 0.818 bits per heavy atom. The van der Waals surface area contributed by atoms with Crippen molar-refractivity contribution in [2.45, 2.75) is 0 Å². The van der Waals surface area contributed by atoms with E-state index in [0.29, 0.717) is 23.0 Å². The van der Waals surface area contributed by atoms with Crippen LogP contribution in [-0.4, -0.2) is 14.2 Å². The van der Waals surface area contributed by atoms with Crippen molar-refractivity contribution in [2.24, 2.45) is 0 Å². The first-order valence-electron chi connectivity index (χ1n) is 6.16. The largest absolute Gasteiger partial charge is 0.497 e. The molecule has 0 atom stereocenters. The fraction of sp³-hybridized carbons (Fsp3) is 0.143. The molecule has 0 saturated heterocycles. The van der Waals surface area contributed by atoms with Gasteiger partial charge < -0.3 is 18.5 Å². The Balaban J connectivity index is 2.18. The minimum Gasteiger partial charge on any atom is -0.497 e. The van der Waals surface area contributed by atoms with Gasteiger partial charge in [0.05, 0.1) is 26.1 Å². The average Bonchev–Trinajstić information content (AvgIpc) is 2.55. The van der Waals surface area contributed by atoms with Crippen molar-refractivity contribution in [3.8, 4) is 23.0 Å².